The van der Waals surface area contributed by atoms with Gasteiger partial charge >= 0.3 is 0 Å². The van der Waals surface area contributed by atoms with Gasteiger partial charge in [0.15, 0.2) is 11.5 Å². The Balaban J connectivity index is 2.22. The molecule has 15 heavy (non-hydrogen) atoms. The Labute approximate surface area is 87.4 Å². The van der Waals surface area contributed by atoms with Crippen molar-refractivity contribution in [1.29, 1.82) is 0 Å². The molecule has 2 rings (SSSR count). The lowest BCUT2D eigenvalue weighted by Gasteiger charge is -2.15. The molecule has 80 valence electrons. The van der Waals surface area contributed by atoms with E-state index in [2.05, 4.69) is 0 Å². The van der Waals surface area contributed by atoms with Crippen LogP contribution in [-0.2, 0) is 0 Å². The van der Waals surface area contributed by atoms with Crippen molar-refractivity contribution in [2.24, 2.45) is 0 Å². The molecule has 1 aromatic rings. The molecule has 1 unspecified atom stereocenters. The van der Waals surface area contributed by atoms with Crippen LogP contribution in [0.2, 0.25) is 0 Å². The van der Waals surface area contributed by atoms with Crippen molar-refractivity contribution in [2.75, 3.05) is 6.61 Å². The van der Waals surface area contributed by atoms with Crippen molar-refractivity contribution in [1.82, 2.24) is 0 Å². The van der Waals surface area contributed by atoms with Crippen molar-refractivity contribution in [3.05, 3.63) is 36.3 Å². The highest BCUT2D eigenvalue weighted by molar-refractivity contribution is 5.45. The van der Waals surface area contributed by atoms with Gasteiger partial charge in [0.25, 0.3) is 0 Å². The summed E-state index contributed by atoms with van der Waals surface area (Å²) in [5, 5.41) is 18.4. The maximum atomic E-state index is 9.65. The second-order valence-corrected chi connectivity index (χ2v) is 3.24. The summed E-state index contributed by atoms with van der Waals surface area (Å²) in [7, 11) is 0. The van der Waals surface area contributed by atoms with Crippen LogP contribution in [0.15, 0.2) is 30.7 Å². The van der Waals surface area contributed by atoms with Gasteiger partial charge in [0, 0.05) is 13.0 Å². The lowest BCUT2D eigenvalue weighted by Crippen LogP contribution is -2.02. The number of benzene rings is 1. The summed E-state index contributed by atoms with van der Waals surface area (Å²) >= 11 is 0. The molecular weight excluding hydrogens is 196 g/mol. The smallest absolute Gasteiger partial charge is 0.169 e. The van der Waals surface area contributed by atoms with Gasteiger partial charge in [0.05, 0.1) is 6.10 Å². The van der Waals surface area contributed by atoms with Crippen LogP contribution in [0.3, 0.4) is 0 Å². The van der Waals surface area contributed by atoms with Gasteiger partial charge < -0.3 is 19.7 Å². The molecule has 0 saturated heterocycles. The fourth-order valence-electron chi connectivity index (χ4n) is 1.41. The molecule has 0 aliphatic carbocycles. The molecule has 1 heterocycles. The summed E-state index contributed by atoms with van der Waals surface area (Å²) in [4.78, 5) is 0. The zero-order chi connectivity index (χ0) is 10.7. The molecule has 0 amide bonds. The SMILES string of the molecule is OCCC(O)c1ccc2c(c1)OC=CO2. The third kappa shape index (κ3) is 2.11. The molecule has 0 saturated carbocycles. The van der Waals surface area contributed by atoms with Crippen LogP contribution in [0.1, 0.15) is 18.1 Å². The third-order valence-corrected chi connectivity index (χ3v) is 2.20. The van der Waals surface area contributed by atoms with E-state index in [9.17, 15) is 5.11 Å². The number of aliphatic hydroxyl groups excluding tert-OH is 2. The maximum absolute atomic E-state index is 9.65. The highest BCUT2D eigenvalue weighted by Crippen LogP contribution is 2.33. The minimum atomic E-state index is -0.671. The van der Waals surface area contributed by atoms with Crippen LogP contribution in [0, 0.1) is 0 Å². The molecule has 0 bridgehead atoms. The number of fused-ring (bicyclic) bond motifs is 1. The first-order chi connectivity index (χ1) is 7.31. The molecule has 0 aromatic heterocycles. The molecule has 1 aliphatic heterocycles. The molecule has 1 aromatic carbocycles. The van der Waals surface area contributed by atoms with E-state index in [1.807, 2.05) is 0 Å². The van der Waals surface area contributed by atoms with Gasteiger partial charge in [-0.15, -0.1) is 0 Å². The van der Waals surface area contributed by atoms with E-state index < -0.39 is 6.10 Å². The van der Waals surface area contributed by atoms with Crippen molar-refractivity contribution in [2.45, 2.75) is 12.5 Å². The summed E-state index contributed by atoms with van der Waals surface area (Å²) in [5.41, 5.74) is 0.710. The Hall–Kier alpha value is -1.52. The normalized spacial score (nSPS) is 15.1. The summed E-state index contributed by atoms with van der Waals surface area (Å²) in [6.07, 6.45) is 2.53. The van der Waals surface area contributed by atoms with E-state index in [4.69, 9.17) is 14.6 Å². The van der Waals surface area contributed by atoms with E-state index in [1.165, 1.54) is 12.5 Å². The zero-order valence-electron chi connectivity index (χ0n) is 8.09. The molecule has 0 fully saturated rings. The summed E-state index contributed by atoms with van der Waals surface area (Å²) < 4.78 is 10.4. The van der Waals surface area contributed by atoms with Gasteiger partial charge in [-0.05, 0) is 17.7 Å². The van der Waals surface area contributed by atoms with Crippen LogP contribution >= 0.6 is 0 Å². The van der Waals surface area contributed by atoms with E-state index in [0.717, 1.165) is 0 Å². The number of hydrogen-bond donors (Lipinski definition) is 2. The minimum Gasteiger partial charge on any atom is -0.458 e. The molecule has 0 spiro atoms. The fraction of sp³-hybridized carbons (Fsp3) is 0.273. The van der Waals surface area contributed by atoms with E-state index in [-0.39, 0.29) is 6.61 Å². The Morgan fingerprint density at radius 2 is 1.87 bits per heavy atom. The third-order valence-electron chi connectivity index (χ3n) is 2.20. The average Bonchev–Trinajstić information content (AvgIpc) is 2.29. The van der Waals surface area contributed by atoms with Gasteiger partial charge in [0.2, 0.25) is 0 Å². The molecule has 1 aliphatic rings. The van der Waals surface area contributed by atoms with E-state index in [1.54, 1.807) is 18.2 Å². The number of aliphatic hydroxyl groups is 2. The van der Waals surface area contributed by atoms with Crippen molar-refractivity contribution in [3.8, 4) is 11.5 Å². The lowest BCUT2D eigenvalue weighted by molar-refractivity contribution is 0.134. The Bertz CT molecular complexity index is 373. The lowest BCUT2D eigenvalue weighted by atomic mass is 10.1. The average molecular weight is 208 g/mol. The van der Waals surface area contributed by atoms with Crippen LogP contribution in [-0.4, -0.2) is 16.8 Å². The van der Waals surface area contributed by atoms with Crippen molar-refractivity contribution in [3.63, 3.8) is 0 Å². The Kier molecular flexibility index (Phi) is 2.89. The molecule has 2 N–H and O–H groups in total. The highest BCUT2D eigenvalue weighted by Gasteiger charge is 2.13. The van der Waals surface area contributed by atoms with Crippen molar-refractivity contribution >= 4 is 0 Å². The second kappa shape index (κ2) is 4.33. The van der Waals surface area contributed by atoms with Gasteiger partial charge in [-0.3, -0.25) is 0 Å². The monoisotopic (exact) mass is 208 g/mol. The molecule has 4 nitrogen and oxygen atoms in total. The molecule has 0 radical (unpaired) electrons. The second-order valence-electron chi connectivity index (χ2n) is 3.24. The molecular formula is C11H12O4. The summed E-state index contributed by atoms with van der Waals surface area (Å²) in [6, 6.07) is 5.19. The van der Waals surface area contributed by atoms with Crippen LogP contribution in [0.25, 0.3) is 0 Å². The zero-order valence-corrected chi connectivity index (χ0v) is 8.09. The first kappa shape index (κ1) is 10.0. The Morgan fingerprint density at radius 1 is 1.13 bits per heavy atom. The van der Waals surface area contributed by atoms with E-state index >= 15 is 0 Å². The number of ether oxygens (including phenoxy) is 2. The summed E-state index contributed by atoms with van der Waals surface area (Å²) in [5.74, 6) is 1.20. The predicted octanol–water partition coefficient (Wildman–Crippen LogP) is 1.34. The van der Waals surface area contributed by atoms with Crippen LogP contribution in [0.5, 0.6) is 11.5 Å². The quantitative estimate of drug-likeness (QED) is 0.787. The fourth-order valence-corrected chi connectivity index (χ4v) is 1.41. The summed E-state index contributed by atoms with van der Waals surface area (Å²) in [6.45, 7) is -0.0461. The van der Waals surface area contributed by atoms with Gasteiger partial charge in [-0.25, -0.2) is 0 Å². The number of rotatable bonds is 3. The number of hydrogen-bond acceptors (Lipinski definition) is 4. The van der Waals surface area contributed by atoms with Gasteiger partial charge in [0.1, 0.15) is 12.5 Å². The first-order valence-electron chi connectivity index (χ1n) is 4.72. The molecule has 4 heteroatoms. The van der Waals surface area contributed by atoms with Gasteiger partial charge in [-0.1, -0.05) is 6.07 Å². The predicted molar refractivity (Wildman–Crippen MR) is 53.5 cm³/mol. The minimum absolute atomic E-state index is 0.0461. The van der Waals surface area contributed by atoms with Crippen LogP contribution in [0.4, 0.5) is 0 Å². The first-order valence-corrected chi connectivity index (χ1v) is 4.72. The Morgan fingerprint density at radius 3 is 2.60 bits per heavy atom. The van der Waals surface area contributed by atoms with Gasteiger partial charge in [-0.2, -0.15) is 0 Å². The molecule has 1 atom stereocenters. The topological polar surface area (TPSA) is 58.9 Å². The largest absolute Gasteiger partial charge is 0.458 e. The standard InChI is InChI=1S/C11H12O4/c12-4-3-9(13)8-1-2-10-11(7-8)15-6-5-14-10/h1-2,5-7,9,12-13H,3-4H2. The van der Waals surface area contributed by atoms with Crippen molar-refractivity contribution < 1.29 is 19.7 Å². The van der Waals surface area contributed by atoms with Crippen LogP contribution < -0.4 is 9.47 Å². The van der Waals surface area contributed by atoms with E-state index in [0.29, 0.717) is 23.5 Å². The maximum Gasteiger partial charge on any atom is 0.169 e. The highest BCUT2D eigenvalue weighted by atomic mass is 16.5.